The molecule has 2 saturated heterocycles. The number of nitrogens with two attached hydrogens (primary N) is 1. The van der Waals surface area contributed by atoms with Crippen molar-refractivity contribution in [1.82, 2.24) is 5.32 Å². The molecule has 3 aliphatic heterocycles. The highest BCUT2D eigenvalue weighted by Gasteiger charge is 2.51. The van der Waals surface area contributed by atoms with Crippen LogP contribution in [-0.2, 0) is 28.5 Å². The van der Waals surface area contributed by atoms with Gasteiger partial charge < -0.3 is 81.1 Å². The van der Waals surface area contributed by atoms with E-state index in [9.17, 15) is 60.7 Å². The van der Waals surface area contributed by atoms with Crippen LogP contribution in [0, 0.1) is 17.8 Å². The average molecular weight is 963 g/mol. The largest absolute Gasteiger partial charge is 0.462 e. The Hall–Kier alpha value is -3.44. The molecule has 1 amide bonds. The molecule has 0 aromatic rings. The lowest BCUT2D eigenvalue weighted by Crippen LogP contribution is -2.60. The van der Waals surface area contributed by atoms with Crippen molar-refractivity contribution in [1.29, 1.82) is 0 Å². The fourth-order valence-electron chi connectivity index (χ4n) is 8.83. The van der Waals surface area contributed by atoms with Gasteiger partial charge in [-0.25, -0.2) is 0 Å². The van der Waals surface area contributed by atoms with E-state index >= 15 is 0 Å². The number of hydrogen-bond acceptors (Lipinski definition) is 17. The van der Waals surface area contributed by atoms with Crippen molar-refractivity contribution in [2.75, 3.05) is 6.61 Å². The number of carbonyl (C=O) groups is 2. The maximum Gasteiger partial charge on any atom is 0.308 e. The highest BCUT2D eigenvalue weighted by atomic mass is 16.7. The van der Waals surface area contributed by atoms with Crippen LogP contribution in [0.1, 0.15) is 91.4 Å². The number of amides is 1. The number of aliphatic hydroxyl groups is 10. The number of aliphatic hydroxyl groups excluding tert-OH is 9. The van der Waals surface area contributed by atoms with E-state index in [0.29, 0.717) is 5.92 Å². The van der Waals surface area contributed by atoms with Gasteiger partial charge in [-0.05, 0) is 44.9 Å². The quantitative estimate of drug-likeness (QED) is 0.174. The Labute approximate surface area is 399 Å². The molecule has 384 valence electrons. The number of esters is 1. The summed E-state index contributed by atoms with van der Waals surface area (Å²) in [4.78, 5) is 26.4. The van der Waals surface area contributed by atoms with Crippen LogP contribution in [-0.4, -0.2) is 167 Å². The average Bonchev–Trinajstić information content (AvgIpc) is 3.23. The van der Waals surface area contributed by atoms with E-state index in [-0.39, 0.29) is 50.7 Å². The highest BCUT2D eigenvalue weighted by molar-refractivity contribution is 5.80. The van der Waals surface area contributed by atoms with E-state index < -0.39 is 135 Å². The summed E-state index contributed by atoms with van der Waals surface area (Å²) in [5.41, 5.74) is 6.02. The lowest BCUT2D eigenvalue weighted by atomic mass is 9.79. The molecule has 4 rings (SSSR count). The van der Waals surface area contributed by atoms with Gasteiger partial charge in [-0.1, -0.05) is 98.9 Å². The van der Waals surface area contributed by atoms with Crippen LogP contribution in [0.15, 0.2) is 85.1 Å². The minimum absolute atomic E-state index is 0.0826. The molecule has 1 saturated carbocycles. The SMILES string of the molecule is CC1CC(NC(=O)[C@H]2[C@@H]3CC(O[C@@H]4OC[C@@H](O)[C@H](N)[C@@H]4O)/C=C/C=C/C=C/C=C/C=C/C=C/C=C/[C@H](C)[C@@H](O)C[C@H](C)OC(=O)CC(O)CC(O)CCC(O)C(O)CC(O)CC(O)(C[C@@H]2O)O3)C1. The maximum atomic E-state index is 13.9. The van der Waals surface area contributed by atoms with Gasteiger partial charge in [0.2, 0.25) is 5.91 Å². The number of allylic oxidation sites excluding steroid dienone is 12. The summed E-state index contributed by atoms with van der Waals surface area (Å²) in [6.07, 6.45) is 7.87. The van der Waals surface area contributed by atoms with Crippen molar-refractivity contribution >= 4 is 11.9 Å². The molecule has 7 unspecified atom stereocenters. The molecule has 4 aliphatic rings. The van der Waals surface area contributed by atoms with Crippen LogP contribution in [0.5, 0.6) is 0 Å². The molecule has 18 nitrogen and oxygen atoms in total. The second-order valence-electron chi connectivity index (χ2n) is 19.1. The number of hydrogen-bond donors (Lipinski definition) is 12. The standard InChI is InChI=1S/C50H78N2O16/c1-30-20-33(21-30)52-48(63)45-41(59)28-50(64)27-36(55)24-40(58)38(56)19-18-34(53)23-35(54)25-44(61)66-32(3)22-39(57)31(2)16-14-12-10-8-6-4-5-7-9-11-13-15-17-37(26-43(45)68-50)67-49-47(62)46(51)42(60)29-65-49/h4-17,30-43,45-47,49,53-60,62,64H,18-29,51H2,1-3H3,(H,52,63)/b5-4+,8-6+,9-7+,12-10+,13-11+,16-14+,17-15+/t30?,31-,32-,33?,34?,35?,36?,37?,38?,39-,40?,41-,42+,43-,45+,46-,47-,49-,50?/m0/s1. The molecule has 18 heteroatoms. The summed E-state index contributed by atoms with van der Waals surface area (Å²) in [5.74, 6) is -4.53. The topological polar surface area (TPSA) is 311 Å². The lowest BCUT2D eigenvalue weighted by Gasteiger charge is -2.46. The van der Waals surface area contributed by atoms with Gasteiger partial charge in [0.05, 0.1) is 86.0 Å². The molecule has 3 fully saturated rings. The monoisotopic (exact) mass is 963 g/mol. The van der Waals surface area contributed by atoms with Gasteiger partial charge in [-0.2, -0.15) is 0 Å². The molecule has 3 heterocycles. The fourth-order valence-corrected chi connectivity index (χ4v) is 8.83. The normalized spacial score (nSPS) is 44.9. The molecule has 17 atom stereocenters. The predicted molar refractivity (Wildman–Crippen MR) is 251 cm³/mol. The first-order valence-corrected chi connectivity index (χ1v) is 24.0. The van der Waals surface area contributed by atoms with Crippen molar-refractivity contribution in [3.05, 3.63) is 85.1 Å². The Morgan fingerprint density at radius 2 is 1.28 bits per heavy atom. The Bertz CT molecular complexity index is 1750. The Kier molecular flexibility index (Phi) is 23.9. The number of fused-ring (bicyclic) bond motifs is 2. The number of ether oxygens (including phenoxy) is 4. The number of carbonyl (C=O) groups excluding carboxylic acids is 2. The van der Waals surface area contributed by atoms with Crippen molar-refractivity contribution < 1.29 is 79.6 Å². The van der Waals surface area contributed by atoms with Crippen LogP contribution in [0.3, 0.4) is 0 Å². The molecule has 0 spiro atoms. The van der Waals surface area contributed by atoms with Gasteiger partial charge in [-0.3, -0.25) is 9.59 Å². The molecule has 13 N–H and O–H groups in total. The zero-order valence-electron chi connectivity index (χ0n) is 39.5. The van der Waals surface area contributed by atoms with E-state index in [1.807, 2.05) is 49.5 Å². The predicted octanol–water partition coefficient (Wildman–Crippen LogP) is 0.907. The Balaban J connectivity index is 1.56. The maximum absolute atomic E-state index is 13.9. The van der Waals surface area contributed by atoms with Gasteiger partial charge in [-0.15, -0.1) is 0 Å². The van der Waals surface area contributed by atoms with Gasteiger partial charge in [0, 0.05) is 44.1 Å². The van der Waals surface area contributed by atoms with Crippen molar-refractivity contribution in [3.63, 3.8) is 0 Å². The zero-order chi connectivity index (χ0) is 50.0. The minimum atomic E-state index is -2.24. The summed E-state index contributed by atoms with van der Waals surface area (Å²) in [5, 5.41) is 112. The van der Waals surface area contributed by atoms with Gasteiger partial charge in [0.1, 0.15) is 12.2 Å². The first kappa shape index (κ1) is 57.1. The molecule has 0 radical (unpaired) electrons. The van der Waals surface area contributed by atoms with Crippen LogP contribution in [0.25, 0.3) is 0 Å². The summed E-state index contributed by atoms with van der Waals surface area (Å²) in [7, 11) is 0. The first-order valence-electron chi connectivity index (χ1n) is 24.0. The number of rotatable bonds is 4. The van der Waals surface area contributed by atoms with E-state index in [1.165, 1.54) is 0 Å². The first-order chi connectivity index (χ1) is 32.2. The summed E-state index contributed by atoms with van der Waals surface area (Å²) in [6.45, 7) is 5.29. The summed E-state index contributed by atoms with van der Waals surface area (Å²) < 4.78 is 23.4. The Morgan fingerprint density at radius 1 is 0.676 bits per heavy atom. The highest BCUT2D eigenvalue weighted by Crippen LogP contribution is 2.39. The smallest absolute Gasteiger partial charge is 0.308 e. The lowest BCUT2D eigenvalue weighted by molar-refractivity contribution is -0.304. The van der Waals surface area contributed by atoms with Crippen LogP contribution >= 0.6 is 0 Å². The second kappa shape index (κ2) is 28.4. The molecule has 68 heavy (non-hydrogen) atoms. The second-order valence-corrected chi connectivity index (χ2v) is 19.1. The van der Waals surface area contributed by atoms with Gasteiger partial charge in [0.15, 0.2) is 12.1 Å². The number of nitrogens with one attached hydrogen (secondary N) is 1. The zero-order valence-corrected chi connectivity index (χ0v) is 39.5. The van der Waals surface area contributed by atoms with Crippen molar-refractivity contribution in [2.24, 2.45) is 23.5 Å². The third kappa shape index (κ3) is 19.4. The Morgan fingerprint density at radius 3 is 1.90 bits per heavy atom. The summed E-state index contributed by atoms with van der Waals surface area (Å²) >= 11 is 0. The van der Waals surface area contributed by atoms with E-state index in [1.54, 1.807) is 49.5 Å². The molecule has 0 aromatic heterocycles. The minimum Gasteiger partial charge on any atom is -0.462 e. The van der Waals surface area contributed by atoms with E-state index in [0.717, 1.165) is 12.8 Å². The van der Waals surface area contributed by atoms with Crippen molar-refractivity contribution in [3.8, 4) is 0 Å². The third-order valence-electron chi connectivity index (χ3n) is 12.8. The molecule has 0 aromatic carbocycles. The number of cyclic esters (lactones) is 1. The van der Waals surface area contributed by atoms with Crippen LogP contribution in [0.2, 0.25) is 0 Å². The third-order valence-corrected chi connectivity index (χ3v) is 12.8. The van der Waals surface area contributed by atoms with E-state index in [2.05, 4.69) is 12.2 Å². The van der Waals surface area contributed by atoms with Gasteiger partial charge >= 0.3 is 5.97 Å². The molecular weight excluding hydrogens is 885 g/mol. The molecule has 1 aliphatic carbocycles. The molecular formula is C50H78N2O16. The van der Waals surface area contributed by atoms with Crippen LogP contribution < -0.4 is 11.1 Å². The van der Waals surface area contributed by atoms with E-state index in [4.69, 9.17) is 24.7 Å². The van der Waals surface area contributed by atoms with Crippen molar-refractivity contribution in [2.45, 2.75) is 189 Å². The fraction of sp³-hybridized carbons (Fsp3) is 0.680. The van der Waals surface area contributed by atoms with Crippen LogP contribution in [0.4, 0.5) is 0 Å². The summed E-state index contributed by atoms with van der Waals surface area (Å²) in [6, 6.07) is -1.22. The van der Waals surface area contributed by atoms with Gasteiger partial charge in [0.25, 0.3) is 0 Å². The molecule has 2 bridgehead atoms.